The van der Waals surface area contributed by atoms with Crippen molar-refractivity contribution in [2.75, 3.05) is 13.1 Å². The first-order valence-electron chi connectivity index (χ1n) is 6.38. The molecule has 0 saturated heterocycles. The summed E-state index contributed by atoms with van der Waals surface area (Å²) in [5.41, 5.74) is 0. The molecular formula is C11H19Cl3CrFN3O10-. The summed E-state index contributed by atoms with van der Waals surface area (Å²) in [5, 5.41) is 29.1. The van der Waals surface area contributed by atoms with E-state index < -0.39 is 42.1 Å². The van der Waals surface area contributed by atoms with Gasteiger partial charge in [-0.2, -0.15) is 10.3 Å². The molecule has 29 heavy (non-hydrogen) atoms. The first kappa shape index (κ1) is 37.8. The molecule has 0 fully saturated rings. The monoisotopic (exact) mass is 529 g/mol. The third kappa shape index (κ3) is 148. The summed E-state index contributed by atoms with van der Waals surface area (Å²) in [6.45, 7) is 2.66. The van der Waals surface area contributed by atoms with Crippen LogP contribution in [0.4, 0.5) is 9.18 Å². The molecule has 0 unspecified atom stereocenters. The molecule has 0 rings (SSSR count). The molecule has 0 saturated carbocycles. The van der Waals surface area contributed by atoms with E-state index in [0.717, 1.165) is 6.92 Å². The number of rotatable bonds is 4. The zero-order chi connectivity index (χ0) is 24.6. The molecule has 173 valence electrons. The molecular weight excluding hydrogens is 511 g/mol. The summed E-state index contributed by atoms with van der Waals surface area (Å²) in [7, 11) is 14.8. The van der Waals surface area contributed by atoms with Gasteiger partial charge in [-0.15, -0.1) is 0 Å². The molecule has 0 aliphatic carbocycles. The quantitative estimate of drug-likeness (QED) is 0.223. The van der Waals surface area contributed by atoms with Gasteiger partial charge in [0.2, 0.25) is 11.8 Å². The zero-order valence-corrected chi connectivity index (χ0v) is 18.6. The van der Waals surface area contributed by atoms with Gasteiger partial charge in [0, 0.05) is 20.8 Å². The van der Waals surface area contributed by atoms with Crippen LogP contribution in [0.3, 0.4) is 0 Å². The number of aliphatic carboxylic acids is 2. The minimum absolute atomic E-state index is 0.296. The molecule has 0 aromatic carbocycles. The third-order valence-corrected chi connectivity index (χ3v) is 1.07. The summed E-state index contributed by atoms with van der Waals surface area (Å²) >= 11 is -1.62. The molecule has 0 aliphatic heterocycles. The van der Waals surface area contributed by atoms with Crippen LogP contribution in [0.25, 0.3) is 0 Å². The second-order valence-corrected chi connectivity index (χ2v) is 9.93. The summed E-state index contributed by atoms with van der Waals surface area (Å²) in [5.74, 6) is 1.07. The Morgan fingerprint density at radius 3 is 1.28 bits per heavy atom. The molecule has 0 spiro atoms. The fourth-order valence-corrected chi connectivity index (χ4v) is 0.397. The number of carbonyl (C=O) groups excluding carboxylic acids is 4. The minimum atomic E-state index is -1.62. The van der Waals surface area contributed by atoms with Crippen LogP contribution in [0.1, 0.15) is 20.8 Å². The van der Waals surface area contributed by atoms with Crippen molar-refractivity contribution in [2.24, 2.45) is 5.90 Å². The number of hydrogen-bond acceptors (Lipinski definition) is 9. The summed E-state index contributed by atoms with van der Waals surface area (Å²) in [6.07, 6.45) is -1.47. The van der Waals surface area contributed by atoms with Gasteiger partial charge in [-0.25, -0.2) is 4.79 Å². The van der Waals surface area contributed by atoms with E-state index in [1.54, 1.807) is 0 Å². The molecule has 0 aromatic rings. The molecule has 0 atom stereocenters. The first-order valence-corrected chi connectivity index (χ1v) is 11.6. The van der Waals surface area contributed by atoms with Gasteiger partial charge in [-0.1, -0.05) is 0 Å². The van der Waals surface area contributed by atoms with E-state index >= 15 is 0 Å². The summed E-state index contributed by atoms with van der Waals surface area (Å²) in [6, 6.07) is -1.33. The van der Waals surface area contributed by atoms with E-state index in [-0.39, 0.29) is 18.4 Å². The zero-order valence-electron chi connectivity index (χ0n) is 15.1. The van der Waals surface area contributed by atoms with Crippen molar-refractivity contribution >= 4 is 66.1 Å². The SMILES string of the molecule is CC(=O)F.CC(=O)NCC(=O)O.CC(=O)NCC(=O)[O-].NOC(=O)O.[Cl][Cr]([Cl])[Cl]. The fraction of sp³-hybridized carbons (Fsp3) is 0.455. The Labute approximate surface area is 181 Å². The van der Waals surface area contributed by atoms with Crippen LogP contribution < -0.4 is 21.6 Å². The van der Waals surface area contributed by atoms with Crippen molar-refractivity contribution in [3.05, 3.63) is 0 Å². The number of nitrogens with two attached hydrogens (primary N) is 1. The van der Waals surface area contributed by atoms with Crippen LogP contribution in [-0.4, -0.2) is 59.2 Å². The molecule has 0 aromatic heterocycles. The predicted molar refractivity (Wildman–Crippen MR) is 92.7 cm³/mol. The fourth-order valence-electron chi connectivity index (χ4n) is 0.397. The Bertz CT molecular complexity index is 452. The summed E-state index contributed by atoms with van der Waals surface area (Å²) in [4.78, 5) is 60.2. The van der Waals surface area contributed by atoms with Crippen LogP contribution in [0.5, 0.6) is 0 Å². The van der Waals surface area contributed by atoms with Gasteiger partial charge in [0.15, 0.2) is 0 Å². The van der Waals surface area contributed by atoms with Crippen LogP contribution in [0.15, 0.2) is 0 Å². The third-order valence-electron chi connectivity index (χ3n) is 1.07. The van der Waals surface area contributed by atoms with E-state index in [4.69, 9.17) is 49.9 Å². The number of hydrogen-bond donors (Lipinski definition) is 5. The Morgan fingerprint density at radius 1 is 0.966 bits per heavy atom. The van der Waals surface area contributed by atoms with Crippen molar-refractivity contribution in [1.29, 1.82) is 0 Å². The standard InChI is InChI=1S/2C4H7NO3.C2H3FO.CH3NO3.3ClH.Cr/c2*1-3(6)5-2-4(7)8;1-2(3)4;2-5-1(3)4;;;;/h2*2H2,1H3,(H,5,6)(H,7,8);1H3;2H2,(H,3,4);3*1H;/q;;;;;;;+3/p-4. The van der Waals surface area contributed by atoms with Gasteiger partial charge in [0.1, 0.15) is 6.54 Å². The topological polar surface area (TPSA) is 225 Å². The number of nitrogens with one attached hydrogen (secondary N) is 2. The number of carboxylic acids is 2. The van der Waals surface area contributed by atoms with Crippen LogP contribution in [0, 0.1) is 0 Å². The Balaban J connectivity index is -0.0000000859. The Morgan fingerprint density at radius 2 is 1.21 bits per heavy atom. The van der Waals surface area contributed by atoms with Gasteiger partial charge in [-0.3, -0.25) is 19.2 Å². The van der Waals surface area contributed by atoms with Crippen molar-refractivity contribution in [3.63, 3.8) is 0 Å². The van der Waals surface area contributed by atoms with Crippen LogP contribution >= 0.6 is 30.1 Å². The normalized spacial score (nSPS) is 7.76. The molecule has 6 N–H and O–H groups in total. The predicted octanol–water partition coefficient (Wildman–Crippen LogP) is -0.797. The molecule has 18 heteroatoms. The summed E-state index contributed by atoms with van der Waals surface area (Å²) < 4.78 is 10.4. The maximum atomic E-state index is 10.4. The van der Waals surface area contributed by atoms with Crippen LogP contribution in [-0.2, 0) is 40.2 Å². The number of amides is 2. The number of carboxylic acid groups (broad SMARTS) is 3. The van der Waals surface area contributed by atoms with Crippen LogP contribution in [0.2, 0.25) is 0 Å². The molecule has 0 aliphatic rings. The number of carbonyl (C=O) groups is 6. The molecule has 2 amide bonds. The van der Waals surface area contributed by atoms with Crippen molar-refractivity contribution in [2.45, 2.75) is 20.8 Å². The van der Waals surface area contributed by atoms with E-state index in [0.29, 0.717) is 0 Å². The van der Waals surface area contributed by atoms with E-state index in [2.05, 4.69) is 16.1 Å². The molecule has 13 nitrogen and oxygen atoms in total. The average molecular weight is 531 g/mol. The Kier molecular flexibility index (Phi) is 36.9. The van der Waals surface area contributed by atoms with Crippen molar-refractivity contribution in [1.82, 2.24) is 10.6 Å². The maximum absolute atomic E-state index is 10.4. The molecule has 0 heterocycles. The van der Waals surface area contributed by atoms with Crippen molar-refractivity contribution in [3.8, 4) is 0 Å². The van der Waals surface area contributed by atoms with E-state index in [9.17, 15) is 28.7 Å². The van der Waals surface area contributed by atoms with Crippen molar-refractivity contribution < 1.29 is 64.7 Å². The van der Waals surface area contributed by atoms with E-state index in [1.165, 1.54) is 13.8 Å². The molecule has 0 bridgehead atoms. The second kappa shape index (κ2) is 28.3. The number of halogens is 4. The van der Waals surface area contributed by atoms with Gasteiger partial charge in [-0.05, 0) is 0 Å². The Hall–Kier alpha value is -1.89. The van der Waals surface area contributed by atoms with Gasteiger partial charge >= 0.3 is 53.7 Å². The van der Waals surface area contributed by atoms with E-state index in [1.807, 2.05) is 5.32 Å². The first-order chi connectivity index (χ1) is 13.0. The second-order valence-electron chi connectivity index (χ2n) is 3.61. The van der Waals surface area contributed by atoms with Gasteiger partial charge in [0.05, 0.1) is 12.5 Å². The van der Waals surface area contributed by atoms with Gasteiger partial charge in [0.25, 0.3) is 6.04 Å². The molecule has 0 radical (unpaired) electrons. The average Bonchev–Trinajstić information content (AvgIpc) is 2.51. The van der Waals surface area contributed by atoms with Gasteiger partial charge < -0.3 is 35.6 Å².